The summed E-state index contributed by atoms with van der Waals surface area (Å²) in [5.74, 6) is -1.36. The number of anilines is 1. The minimum Gasteiger partial charge on any atom is -0.356 e. The van der Waals surface area contributed by atoms with E-state index < -0.39 is 11.6 Å². The Labute approximate surface area is 128 Å². The van der Waals surface area contributed by atoms with E-state index in [9.17, 15) is 8.78 Å². The fourth-order valence-corrected chi connectivity index (χ4v) is 2.39. The first-order chi connectivity index (χ1) is 9.99. The summed E-state index contributed by atoms with van der Waals surface area (Å²) in [4.78, 5) is 0. The van der Waals surface area contributed by atoms with Gasteiger partial charge >= 0.3 is 0 Å². The molecule has 0 aromatic heterocycles. The van der Waals surface area contributed by atoms with E-state index in [1.165, 1.54) is 18.2 Å². The Morgan fingerprint density at radius 2 is 1.67 bits per heavy atom. The monoisotopic (exact) mass is 306 g/mol. The Balaban J connectivity index is 2.07. The van der Waals surface area contributed by atoms with E-state index in [2.05, 4.69) is 10.6 Å². The molecule has 0 unspecified atom stereocenters. The molecule has 2 nitrogen and oxygen atoms in total. The van der Waals surface area contributed by atoms with Gasteiger partial charge in [0.15, 0.2) is 5.11 Å². The number of aryl methyl sites for hydroxylation is 1. The molecule has 0 saturated heterocycles. The summed E-state index contributed by atoms with van der Waals surface area (Å²) in [7, 11) is 0. The van der Waals surface area contributed by atoms with Crippen LogP contribution in [0.25, 0.3) is 0 Å². The van der Waals surface area contributed by atoms with Crippen LogP contribution >= 0.6 is 12.2 Å². The average molecular weight is 306 g/mol. The minimum absolute atomic E-state index is 0.0685. The fraction of sp³-hybridized carbons (Fsp3) is 0.188. The molecule has 0 bridgehead atoms. The first-order valence-corrected chi connectivity index (χ1v) is 6.97. The van der Waals surface area contributed by atoms with Crippen LogP contribution in [0, 0.1) is 18.6 Å². The molecule has 0 aliphatic rings. The molecule has 110 valence electrons. The number of benzene rings is 2. The number of para-hydroxylation sites is 1. The maximum absolute atomic E-state index is 13.5. The third-order valence-corrected chi connectivity index (χ3v) is 3.42. The molecule has 0 aliphatic carbocycles. The second-order valence-electron chi connectivity index (χ2n) is 4.77. The van der Waals surface area contributed by atoms with Crippen molar-refractivity contribution >= 4 is 23.0 Å². The molecular formula is C16H16F2N2S. The molecule has 0 heterocycles. The minimum atomic E-state index is -0.678. The summed E-state index contributed by atoms with van der Waals surface area (Å²) in [5.41, 5.74) is 1.96. The summed E-state index contributed by atoms with van der Waals surface area (Å²) in [6, 6.07) is 11.5. The van der Waals surface area contributed by atoms with E-state index in [0.29, 0.717) is 0 Å². The number of halogens is 2. The number of hydrogen-bond acceptors (Lipinski definition) is 1. The fourth-order valence-electron chi connectivity index (χ4n) is 2.11. The van der Waals surface area contributed by atoms with Crippen molar-refractivity contribution in [2.45, 2.75) is 19.9 Å². The maximum atomic E-state index is 13.5. The van der Waals surface area contributed by atoms with Crippen molar-refractivity contribution in [1.29, 1.82) is 0 Å². The maximum Gasteiger partial charge on any atom is 0.171 e. The van der Waals surface area contributed by atoms with Gasteiger partial charge in [0.25, 0.3) is 0 Å². The molecule has 1 atom stereocenters. The van der Waals surface area contributed by atoms with Crippen LogP contribution in [-0.2, 0) is 0 Å². The van der Waals surface area contributed by atoms with E-state index >= 15 is 0 Å². The molecular weight excluding hydrogens is 290 g/mol. The van der Waals surface area contributed by atoms with Crippen molar-refractivity contribution in [1.82, 2.24) is 5.32 Å². The van der Waals surface area contributed by atoms with Crippen molar-refractivity contribution in [3.8, 4) is 0 Å². The van der Waals surface area contributed by atoms with Gasteiger partial charge in [0.05, 0.1) is 6.04 Å². The molecule has 21 heavy (non-hydrogen) atoms. The zero-order valence-corrected chi connectivity index (χ0v) is 12.6. The Bertz CT molecular complexity index is 638. The third kappa shape index (κ3) is 3.76. The topological polar surface area (TPSA) is 24.1 Å². The average Bonchev–Trinajstić information content (AvgIpc) is 2.43. The van der Waals surface area contributed by atoms with Gasteiger partial charge in [-0.1, -0.05) is 30.3 Å². The van der Waals surface area contributed by atoms with Crippen LogP contribution in [0.15, 0.2) is 42.5 Å². The van der Waals surface area contributed by atoms with Crippen molar-refractivity contribution in [3.05, 3.63) is 65.2 Å². The van der Waals surface area contributed by atoms with E-state index in [0.717, 1.165) is 11.1 Å². The van der Waals surface area contributed by atoms with Gasteiger partial charge < -0.3 is 10.6 Å². The Hall–Kier alpha value is -2.01. The molecule has 0 radical (unpaired) electrons. The number of nitrogens with one attached hydrogen (secondary N) is 2. The summed E-state index contributed by atoms with van der Waals surface area (Å²) < 4.78 is 27.1. The number of rotatable bonds is 3. The molecule has 2 aromatic rings. The predicted molar refractivity (Wildman–Crippen MR) is 85.3 cm³/mol. The van der Waals surface area contributed by atoms with E-state index in [-0.39, 0.29) is 16.8 Å². The van der Waals surface area contributed by atoms with Crippen LogP contribution in [-0.4, -0.2) is 5.11 Å². The summed E-state index contributed by atoms with van der Waals surface area (Å²) >= 11 is 5.12. The van der Waals surface area contributed by atoms with Gasteiger partial charge in [0.1, 0.15) is 17.3 Å². The molecule has 0 aliphatic heterocycles. The quantitative estimate of drug-likeness (QED) is 0.826. The summed E-state index contributed by atoms with van der Waals surface area (Å²) in [6.07, 6.45) is 0. The first kappa shape index (κ1) is 15.4. The van der Waals surface area contributed by atoms with Crippen LogP contribution in [0.3, 0.4) is 0 Å². The van der Waals surface area contributed by atoms with Crippen molar-refractivity contribution in [3.63, 3.8) is 0 Å². The number of hydrogen-bond donors (Lipinski definition) is 2. The van der Waals surface area contributed by atoms with Crippen LogP contribution < -0.4 is 10.6 Å². The van der Waals surface area contributed by atoms with Crippen LogP contribution in [0.2, 0.25) is 0 Å². The third-order valence-electron chi connectivity index (χ3n) is 3.20. The highest BCUT2D eigenvalue weighted by atomic mass is 32.1. The zero-order valence-electron chi connectivity index (χ0n) is 11.8. The Morgan fingerprint density at radius 3 is 2.29 bits per heavy atom. The van der Waals surface area contributed by atoms with E-state index in [1.807, 2.05) is 38.1 Å². The van der Waals surface area contributed by atoms with Gasteiger partial charge in [-0.2, -0.15) is 0 Å². The highest BCUT2D eigenvalue weighted by molar-refractivity contribution is 7.80. The van der Waals surface area contributed by atoms with E-state index in [4.69, 9.17) is 12.2 Å². The molecule has 2 N–H and O–H groups in total. The van der Waals surface area contributed by atoms with E-state index in [1.54, 1.807) is 0 Å². The molecule has 2 aromatic carbocycles. The van der Waals surface area contributed by atoms with Crippen molar-refractivity contribution < 1.29 is 8.78 Å². The predicted octanol–water partition coefficient (Wildman–Crippen LogP) is 4.32. The van der Waals surface area contributed by atoms with Gasteiger partial charge in [0, 0.05) is 0 Å². The lowest BCUT2D eigenvalue weighted by atomic mass is 10.0. The normalized spacial score (nSPS) is 11.8. The summed E-state index contributed by atoms with van der Waals surface area (Å²) in [6.45, 7) is 3.94. The van der Waals surface area contributed by atoms with Gasteiger partial charge in [-0.15, -0.1) is 0 Å². The highest BCUT2D eigenvalue weighted by Crippen LogP contribution is 2.19. The summed E-state index contributed by atoms with van der Waals surface area (Å²) in [5, 5.41) is 5.77. The zero-order chi connectivity index (χ0) is 15.4. The van der Waals surface area contributed by atoms with Gasteiger partial charge in [-0.3, -0.25) is 0 Å². The lowest BCUT2D eigenvalue weighted by molar-refractivity contribution is 0.590. The Morgan fingerprint density at radius 1 is 1.05 bits per heavy atom. The second kappa shape index (κ2) is 6.63. The number of thiocarbonyl (C=S) groups is 1. The van der Waals surface area contributed by atoms with Gasteiger partial charge in [-0.05, 0) is 49.3 Å². The Kier molecular flexibility index (Phi) is 4.85. The van der Waals surface area contributed by atoms with Gasteiger partial charge in [-0.25, -0.2) is 8.78 Å². The lowest BCUT2D eigenvalue weighted by Gasteiger charge is -2.19. The molecule has 0 spiro atoms. The smallest absolute Gasteiger partial charge is 0.171 e. The molecule has 0 fully saturated rings. The van der Waals surface area contributed by atoms with Crippen molar-refractivity contribution in [2.75, 3.05) is 5.32 Å². The molecule has 2 rings (SSSR count). The molecule has 0 saturated carbocycles. The lowest BCUT2D eigenvalue weighted by Crippen LogP contribution is -2.31. The molecule has 0 amide bonds. The SMILES string of the molecule is Cc1ccccc1[C@H](C)NC(=S)Nc1c(F)cccc1F. The van der Waals surface area contributed by atoms with Crippen LogP contribution in [0.1, 0.15) is 24.1 Å². The largest absolute Gasteiger partial charge is 0.356 e. The van der Waals surface area contributed by atoms with Crippen LogP contribution in [0.5, 0.6) is 0 Å². The van der Waals surface area contributed by atoms with Crippen LogP contribution in [0.4, 0.5) is 14.5 Å². The standard InChI is InChI=1S/C16H16F2N2S/c1-10-6-3-4-7-12(10)11(2)19-16(21)20-15-13(17)8-5-9-14(15)18/h3-9,11H,1-2H3,(H2,19,20,21)/t11-/m0/s1. The molecule has 5 heteroatoms. The van der Waals surface area contributed by atoms with Crippen molar-refractivity contribution in [2.24, 2.45) is 0 Å². The van der Waals surface area contributed by atoms with Gasteiger partial charge in [0.2, 0.25) is 0 Å². The highest BCUT2D eigenvalue weighted by Gasteiger charge is 2.13. The first-order valence-electron chi connectivity index (χ1n) is 6.56. The second-order valence-corrected chi connectivity index (χ2v) is 5.18.